The molecule has 3 N–H and O–H groups in total. The molecule has 2 fully saturated rings. The number of pyridine rings is 1. The van der Waals surface area contributed by atoms with Gasteiger partial charge in [0.25, 0.3) is 11.8 Å². The molecule has 2 aromatic carbocycles. The van der Waals surface area contributed by atoms with Crippen molar-refractivity contribution in [2.75, 3.05) is 38.5 Å². The summed E-state index contributed by atoms with van der Waals surface area (Å²) in [6, 6.07) is 11.7. The van der Waals surface area contributed by atoms with E-state index in [1.165, 1.54) is 12.1 Å². The third-order valence-electron chi connectivity index (χ3n) is 7.76. The zero-order valence-corrected chi connectivity index (χ0v) is 24.9. The number of alkyl halides is 3. The molecule has 0 radical (unpaired) electrons. The minimum Gasteiger partial charge on any atom is -0.310 e. The number of likely N-dealkylation sites (N-methyl/N-ethyl adjacent to an activating group) is 1. The SMILES string of the molecule is Cc1ccc(C(=O)NNC(=O)c2ccc(CN3CCN(C)CC3)c(C(F)(F)F)c2)cc1C#Cc1ccc(NC(=O)C2CC2)nc1. The second kappa shape index (κ2) is 13.5. The smallest absolute Gasteiger partial charge is 0.310 e. The molecule has 0 bridgehead atoms. The van der Waals surface area contributed by atoms with Crippen LogP contribution in [0, 0.1) is 24.7 Å². The zero-order valence-electron chi connectivity index (χ0n) is 24.9. The van der Waals surface area contributed by atoms with Gasteiger partial charge < -0.3 is 10.2 Å². The number of aryl methyl sites for hydroxylation is 1. The highest BCUT2D eigenvalue weighted by Crippen LogP contribution is 2.33. The summed E-state index contributed by atoms with van der Waals surface area (Å²) < 4.78 is 41.8. The van der Waals surface area contributed by atoms with Crippen LogP contribution < -0.4 is 16.2 Å². The van der Waals surface area contributed by atoms with Crippen LogP contribution in [0.5, 0.6) is 0 Å². The fraction of sp³-hybridized carbons (Fsp3) is 0.333. The maximum absolute atomic E-state index is 13.9. The van der Waals surface area contributed by atoms with E-state index in [4.69, 9.17) is 0 Å². The first-order valence-electron chi connectivity index (χ1n) is 14.6. The van der Waals surface area contributed by atoms with Crippen LogP contribution in [-0.4, -0.2) is 65.7 Å². The molecule has 0 atom stereocenters. The minimum atomic E-state index is -4.65. The second-order valence-electron chi connectivity index (χ2n) is 11.3. The average Bonchev–Trinajstić information content (AvgIpc) is 3.87. The topological polar surface area (TPSA) is 107 Å². The van der Waals surface area contributed by atoms with Crippen LogP contribution in [0.2, 0.25) is 0 Å². The standard InChI is InChI=1S/C33H33F3N6O3/c1-21-3-6-25(17-24(21)7-4-22-5-12-29(37-19-22)38-30(43)23-8-9-23)31(44)39-40-32(45)26-10-11-27(28(18-26)33(34,35)36)20-42-15-13-41(2)14-16-42/h3,5-6,10-12,17-19,23H,8-9,13-16,20H2,1-2H3,(H,39,44)(H,40,45)(H,37,38,43). The molecular formula is C33H33F3N6O3. The highest BCUT2D eigenvalue weighted by atomic mass is 19.4. The van der Waals surface area contributed by atoms with E-state index in [9.17, 15) is 27.6 Å². The Kier molecular flexibility index (Phi) is 9.51. The summed E-state index contributed by atoms with van der Waals surface area (Å²) in [4.78, 5) is 45.7. The molecule has 1 aliphatic carbocycles. The van der Waals surface area contributed by atoms with Crippen molar-refractivity contribution in [1.82, 2.24) is 25.6 Å². The van der Waals surface area contributed by atoms with Crippen LogP contribution in [0.1, 0.15) is 61.4 Å². The number of amides is 3. The van der Waals surface area contributed by atoms with Gasteiger partial charge in [-0.2, -0.15) is 13.2 Å². The van der Waals surface area contributed by atoms with Crippen LogP contribution in [-0.2, 0) is 17.5 Å². The molecule has 45 heavy (non-hydrogen) atoms. The van der Waals surface area contributed by atoms with Crippen molar-refractivity contribution in [3.8, 4) is 11.8 Å². The summed E-state index contributed by atoms with van der Waals surface area (Å²) >= 11 is 0. The van der Waals surface area contributed by atoms with Gasteiger partial charge in [-0.1, -0.05) is 24.0 Å². The van der Waals surface area contributed by atoms with Gasteiger partial charge in [-0.05, 0) is 74.3 Å². The number of piperazine rings is 1. The number of anilines is 1. The highest BCUT2D eigenvalue weighted by molar-refractivity contribution is 5.99. The maximum Gasteiger partial charge on any atom is 0.416 e. The molecule has 3 amide bonds. The fourth-order valence-corrected chi connectivity index (χ4v) is 4.78. The Morgan fingerprint density at radius 1 is 0.911 bits per heavy atom. The number of hydrazine groups is 1. The number of halogens is 3. The molecule has 12 heteroatoms. The number of nitrogens with one attached hydrogen (secondary N) is 3. The first-order valence-corrected chi connectivity index (χ1v) is 14.6. The van der Waals surface area contributed by atoms with E-state index in [2.05, 4.69) is 37.9 Å². The van der Waals surface area contributed by atoms with E-state index in [1.807, 2.05) is 18.9 Å². The fourth-order valence-electron chi connectivity index (χ4n) is 4.78. The highest BCUT2D eigenvalue weighted by Gasteiger charge is 2.35. The van der Waals surface area contributed by atoms with Gasteiger partial charge in [0.1, 0.15) is 5.82 Å². The third-order valence-corrected chi connectivity index (χ3v) is 7.76. The van der Waals surface area contributed by atoms with Gasteiger partial charge in [0.05, 0.1) is 5.56 Å². The van der Waals surface area contributed by atoms with Gasteiger partial charge in [-0.3, -0.25) is 30.1 Å². The molecule has 3 aromatic rings. The number of carbonyl (C=O) groups excluding carboxylic acids is 3. The monoisotopic (exact) mass is 618 g/mol. The normalized spacial score (nSPS) is 15.5. The van der Waals surface area contributed by atoms with Gasteiger partial charge in [-0.25, -0.2) is 4.98 Å². The van der Waals surface area contributed by atoms with Crippen LogP contribution in [0.4, 0.5) is 19.0 Å². The number of rotatable bonds is 6. The number of hydrogen-bond donors (Lipinski definition) is 3. The zero-order chi connectivity index (χ0) is 32.1. The summed E-state index contributed by atoms with van der Waals surface area (Å²) in [6.45, 7) is 4.79. The van der Waals surface area contributed by atoms with Crippen LogP contribution in [0.3, 0.4) is 0 Å². The van der Waals surface area contributed by atoms with E-state index >= 15 is 0 Å². The van der Waals surface area contributed by atoms with E-state index in [0.717, 1.165) is 37.6 Å². The molecule has 234 valence electrons. The number of aromatic nitrogens is 1. The lowest BCUT2D eigenvalue weighted by atomic mass is 10.0. The Morgan fingerprint density at radius 3 is 2.20 bits per heavy atom. The van der Waals surface area contributed by atoms with Crippen molar-refractivity contribution in [3.63, 3.8) is 0 Å². The van der Waals surface area contributed by atoms with Crippen molar-refractivity contribution >= 4 is 23.5 Å². The Bertz CT molecular complexity index is 1650. The third kappa shape index (κ3) is 8.47. The van der Waals surface area contributed by atoms with Crippen LogP contribution >= 0.6 is 0 Å². The van der Waals surface area contributed by atoms with Gasteiger partial charge in [-0.15, -0.1) is 0 Å². The summed E-state index contributed by atoms with van der Waals surface area (Å²) in [5, 5.41) is 2.77. The van der Waals surface area contributed by atoms with Crippen molar-refractivity contribution in [1.29, 1.82) is 0 Å². The van der Waals surface area contributed by atoms with E-state index in [-0.39, 0.29) is 35.1 Å². The average molecular weight is 619 g/mol. The lowest BCUT2D eigenvalue weighted by Crippen LogP contribution is -2.44. The largest absolute Gasteiger partial charge is 0.416 e. The quantitative estimate of drug-likeness (QED) is 0.285. The number of hydrogen-bond acceptors (Lipinski definition) is 6. The first-order chi connectivity index (χ1) is 21.5. The molecular weight excluding hydrogens is 585 g/mol. The summed E-state index contributed by atoms with van der Waals surface area (Å²) in [7, 11) is 1.97. The number of benzene rings is 2. The molecule has 5 rings (SSSR count). The van der Waals surface area contributed by atoms with Crippen molar-refractivity contribution in [2.24, 2.45) is 5.92 Å². The summed E-state index contributed by atoms with van der Waals surface area (Å²) in [6.07, 6.45) is -1.32. The Balaban J connectivity index is 1.21. The predicted octanol–water partition coefficient (Wildman–Crippen LogP) is 3.98. The van der Waals surface area contributed by atoms with Gasteiger partial charge in [0, 0.05) is 67.1 Å². The van der Waals surface area contributed by atoms with Crippen molar-refractivity contribution in [3.05, 3.63) is 93.7 Å². The molecule has 1 aliphatic heterocycles. The predicted molar refractivity (Wildman–Crippen MR) is 162 cm³/mol. The second-order valence-corrected chi connectivity index (χ2v) is 11.3. The Morgan fingerprint density at radius 2 is 1.58 bits per heavy atom. The first kappa shape index (κ1) is 31.7. The van der Waals surface area contributed by atoms with E-state index < -0.39 is 23.6 Å². The van der Waals surface area contributed by atoms with E-state index in [1.54, 1.807) is 36.5 Å². The minimum absolute atomic E-state index is 0.0380. The molecule has 1 saturated carbocycles. The van der Waals surface area contributed by atoms with Gasteiger partial charge in [0.15, 0.2) is 0 Å². The van der Waals surface area contributed by atoms with Crippen LogP contribution in [0.25, 0.3) is 0 Å². The molecule has 1 aromatic heterocycles. The molecule has 0 spiro atoms. The van der Waals surface area contributed by atoms with Crippen molar-refractivity contribution < 1.29 is 27.6 Å². The number of nitrogens with zero attached hydrogens (tertiary/aromatic N) is 3. The molecule has 1 saturated heterocycles. The maximum atomic E-state index is 13.9. The molecule has 9 nitrogen and oxygen atoms in total. The van der Waals surface area contributed by atoms with Crippen LogP contribution in [0.15, 0.2) is 54.7 Å². The molecule has 0 unspecified atom stereocenters. The lowest BCUT2D eigenvalue weighted by molar-refractivity contribution is -0.138. The van der Waals surface area contributed by atoms with Crippen molar-refractivity contribution in [2.45, 2.75) is 32.5 Å². The van der Waals surface area contributed by atoms with Gasteiger partial charge >= 0.3 is 6.18 Å². The Hall–Kier alpha value is -4.73. The summed E-state index contributed by atoms with van der Waals surface area (Å²) in [5.74, 6) is 4.93. The molecule has 2 aliphatic rings. The van der Waals surface area contributed by atoms with E-state index in [0.29, 0.717) is 30.0 Å². The lowest BCUT2D eigenvalue weighted by Gasteiger charge is -2.33. The number of carbonyl (C=O) groups is 3. The van der Waals surface area contributed by atoms with Gasteiger partial charge in [0.2, 0.25) is 5.91 Å². The Labute approximate surface area is 259 Å². The molecule has 2 heterocycles. The summed E-state index contributed by atoms with van der Waals surface area (Å²) in [5.41, 5.74) is 5.62.